The fraction of sp³-hybridized carbons (Fsp3) is 0.105. The van der Waals surface area contributed by atoms with Crippen molar-refractivity contribution in [1.29, 1.82) is 0 Å². The van der Waals surface area contributed by atoms with E-state index in [1.807, 2.05) is 36.4 Å². The van der Waals surface area contributed by atoms with Gasteiger partial charge in [0.15, 0.2) is 5.78 Å². The summed E-state index contributed by atoms with van der Waals surface area (Å²) in [5, 5.41) is 2.27. The van der Waals surface area contributed by atoms with Crippen molar-refractivity contribution in [3.63, 3.8) is 0 Å². The number of ether oxygens (including phenoxy) is 1. The molecule has 102 valence electrons. The normalized spacial score (nSPS) is 14.2. The van der Waals surface area contributed by atoms with E-state index in [0.29, 0.717) is 6.61 Å². The van der Waals surface area contributed by atoms with Crippen LogP contribution in [0.2, 0.25) is 0 Å². The second kappa shape index (κ2) is 4.83. The molecule has 0 bridgehead atoms. The lowest BCUT2D eigenvalue weighted by molar-refractivity contribution is 0.0667. The van der Waals surface area contributed by atoms with Crippen LogP contribution in [0.15, 0.2) is 60.7 Å². The highest BCUT2D eigenvalue weighted by atomic mass is 16.5. The second-order valence-corrected chi connectivity index (χ2v) is 5.28. The minimum atomic E-state index is 0.0687. The average molecular weight is 274 g/mol. The van der Waals surface area contributed by atoms with Crippen molar-refractivity contribution in [1.82, 2.24) is 0 Å². The first-order valence-corrected chi connectivity index (χ1v) is 7.05. The zero-order valence-electron chi connectivity index (χ0n) is 11.5. The standard InChI is InChI=1S/C19H14O2/c20-18-12-21-11-17-16(18)10-14-8-4-5-9-15(14)19(17)13-6-2-1-3-7-13/h1-10H,11-12H2. The molecule has 0 unspecified atom stereocenters. The van der Waals surface area contributed by atoms with Crippen LogP contribution in [0.25, 0.3) is 21.9 Å². The van der Waals surface area contributed by atoms with E-state index in [0.717, 1.165) is 27.6 Å². The lowest BCUT2D eigenvalue weighted by Crippen LogP contribution is -2.19. The van der Waals surface area contributed by atoms with Gasteiger partial charge in [-0.15, -0.1) is 0 Å². The van der Waals surface area contributed by atoms with Crippen molar-refractivity contribution in [2.75, 3.05) is 6.61 Å². The Morgan fingerprint density at radius 2 is 1.62 bits per heavy atom. The van der Waals surface area contributed by atoms with Gasteiger partial charge in [-0.25, -0.2) is 0 Å². The molecule has 21 heavy (non-hydrogen) atoms. The molecule has 3 aromatic carbocycles. The highest BCUT2D eigenvalue weighted by molar-refractivity contribution is 6.08. The third-order valence-electron chi connectivity index (χ3n) is 4.00. The van der Waals surface area contributed by atoms with Gasteiger partial charge in [-0.2, -0.15) is 0 Å². The number of ketones is 1. The van der Waals surface area contributed by atoms with Crippen LogP contribution in [0, 0.1) is 0 Å². The van der Waals surface area contributed by atoms with Crippen LogP contribution in [-0.4, -0.2) is 12.4 Å². The lowest BCUT2D eigenvalue weighted by Gasteiger charge is -2.21. The molecule has 0 aromatic heterocycles. The second-order valence-electron chi connectivity index (χ2n) is 5.28. The van der Waals surface area contributed by atoms with E-state index >= 15 is 0 Å². The molecule has 0 saturated heterocycles. The number of carbonyl (C=O) groups is 1. The molecule has 4 rings (SSSR count). The monoisotopic (exact) mass is 274 g/mol. The van der Waals surface area contributed by atoms with Gasteiger partial charge >= 0.3 is 0 Å². The molecule has 1 aliphatic heterocycles. The van der Waals surface area contributed by atoms with Gasteiger partial charge in [0.25, 0.3) is 0 Å². The molecule has 1 heterocycles. The molecule has 0 spiro atoms. The summed E-state index contributed by atoms with van der Waals surface area (Å²) in [5.74, 6) is 0.0687. The summed E-state index contributed by atoms with van der Waals surface area (Å²) in [6, 6.07) is 20.4. The molecule has 0 N–H and O–H groups in total. The zero-order valence-corrected chi connectivity index (χ0v) is 11.5. The minimum absolute atomic E-state index is 0.0687. The summed E-state index contributed by atoms with van der Waals surface area (Å²) in [6.07, 6.45) is 0. The first-order valence-electron chi connectivity index (χ1n) is 7.05. The van der Waals surface area contributed by atoms with E-state index in [9.17, 15) is 4.79 Å². The fourth-order valence-corrected chi connectivity index (χ4v) is 3.05. The van der Waals surface area contributed by atoms with Crippen molar-refractivity contribution in [3.05, 3.63) is 71.8 Å². The Balaban J connectivity index is 2.14. The van der Waals surface area contributed by atoms with Gasteiger partial charge in [0.1, 0.15) is 6.61 Å². The number of Topliss-reactive ketones (excluding diaryl/α,β-unsaturated/α-hetero) is 1. The number of carbonyl (C=O) groups excluding carboxylic acids is 1. The predicted molar refractivity (Wildman–Crippen MR) is 83.4 cm³/mol. The maximum absolute atomic E-state index is 12.2. The number of hydrogen-bond donors (Lipinski definition) is 0. The highest BCUT2D eigenvalue weighted by Gasteiger charge is 2.23. The summed E-state index contributed by atoms with van der Waals surface area (Å²) in [7, 11) is 0. The average Bonchev–Trinajstić information content (AvgIpc) is 2.54. The molecule has 0 atom stereocenters. The van der Waals surface area contributed by atoms with Crippen LogP contribution in [0.5, 0.6) is 0 Å². The molecular formula is C19H14O2. The molecule has 0 radical (unpaired) electrons. The lowest BCUT2D eigenvalue weighted by atomic mass is 9.88. The van der Waals surface area contributed by atoms with Gasteiger partial charge in [0.2, 0.25) is 0 Å². The maximum atomic E-state index is 12.2. The highest BCUT2D eigenvalue weighted by Crippen LogP contribution is 2.36. The van der Waals surface area contributed by atoms with Crippen LogP contribution in [0.1, 0.15) is 15.9 Å². The third kappa shape index (κ3) is 1.96. The van der Waals surface area contributed by atoms with E-state index in [2.05, 4.69) is 24.3 Å². The molecule has 2 nitrogen and oxygen atoms in total. The Morgan fingerprint density at radius 1 is 0.857 bits per heavy atom. The predicted octanol–water partition coefficient (Wildman–Crippen LogP) is 4.22. The van der Waals surface area contributed by atoms with Crippen LogP contribution >= 0.6 is 0 Å². The van der Waals surface area contributed by atoms with Gasteiger partial charge in [-0.1, -0.05) is 54.6 Å². The summed E-state index contributed by atoms with van der Waals surface area (Å²) in [4.78, 5) is 12.2. The Kier molecular flexibility index (Phi) is 2.83. The minimum Gasteiger partial charge on any atom is -0.369 e. The van der Waals surface area contributed by atoms with Crippen molar-refractivity contribution in [2.24, 2.45) is 0 Å². The first-order chi connectivity index (χ1) is 10.3. The molecule has 0 amide bonds. The van der Waals surface area contributed by atoms with Gasteiger partial charge in [-0.3, -0.25) is 4.79 Å². The Labute approximate surface area is 123 Å². The quantitative estimate of drug-likeness (QED) is 0.664. The van der Waals surface area contributed by atoms with E-state index < -0.39 is 0 Å². The van der Waals surface area contributed by atoms with Gasteiger partial charge in [0.05, 0.1) is 6.61 Å². The van der Waals surface area contributed by atoms with Crippen LogP contribution in [0.4, 0.5) is 0 Å². The van der Waals surface area contributed by atoms with Crippen LogP contribution in [0.3, 0.4) is 0 Å². The summed E-state index contributed by atoms with van der Waals surface area (Å²) < 4.78 is 5.47. The topological polar surface area (TPSA) is 26.3 Å². The van der Waals surface area contributed by atoms with Crippen molar-refractivity contribution in [2.45, 2.75) is 6.61 Å². The van der Waals surface area contributed by atoms with Gasteiger partial charge in [-0.05, 0) is 33.5 Å². The Bertz CT molecular complexity index is 835. The summed E-state index contributed by atoms with van der Waals surface area (Å²) in [6.45, 7) is 0.676. The van der Waals surface area contributed by atoms with Crippen molar-refractivity contribution >= 4 is 16.6 Å². The summed E-state index contributed by atoms with van der Waals surface area (Å²) in [5.41, 5.74) is 4.07. The van der Waals surface area contributed by atoms with E-state index in [4.69, 9.17) is 4.74 Å². The number of hydrogen-bond acceptors (Lipinski definition) is 2. The Hall–Kier alpha value is -2.45. The maximum Gasteiger partial charge on any atom is 0.188 e. The molecule has 0 aliphatic carbocycles. The fourth-order valence-electron chi connectivity index (χ4n) is 3.05. The largest absolute Gasteiger partial charge is 0.369 e. The van der Waals surface area contributed by atoms with E-state index in [1.54, 1.807) is 0 Å². The van der Waals surface area contributed by atoms with Gasteiger partial charge in [0, 0.05) is 5.56 Å². The number of rotatable bonds is 1. The smallest absolute Gasteiger partial charge is 0.188 e. The SMILES string of the molecule is O=C1COCc2c1cc1ccccc1c2-c1ccccc1. The van der Waals surface area contributed by atoms with Crippen molar-refractivity contribution < 1.29 is 9.53 Å². The van der Waals surface area contributed by atoms with Gasteiger partial charge < -0.3 is 4.74 Å². The van der Waals surface area contributed by atoms with Crippen LogP contribution < -0.4 is 0 Å². The number of fused-ring (bicyclic) bond motifs is 2. The van der Waals surface area contributed by atoms with E-state index in [-0.39, 0.29) is 12.4 Å². The van der Waals surface area contributed by atoms with Crippen molar-refractivity contribution in [3.8, 4) is 11.1 Å². The molecule has 1 aliphatic rings. The molecule has 0 saturated carbocycles. The third-order valence-corrected chi connectivity index (χ3v) is 4.00. The van der Waals surface area contributed by atoms with Crippen LogP contribution in [-0.2, 0) is 11.3 Å². The zero-order chi connectivity index (χ0) is 14.2. The molecule has 2 heteroatoms. The van der Waals surface area contributed by atoms with E-state index in [1.165, 1.54) is 5.39 Å². The number of benzene rings is 3. The summed E-state index contributed by atoms with van der Waals surface area (Å²) >= 11 is 0. The molecule has 0 fully saturated rings. The Morgan fingerprint density at radius 3 is 2.48 bits per heavy atom. The molecular weight excluding hydrogens is 260 g/mol. The first kappa shape index (κ1) is 12.3. The molecule has 3 aromatic rings.